The number of rotatable bonds is 7. The molecule has 0 aromatic heterocycles. The van der Waals surface area contributed by atoms with Crippen LogP contribution in [0.25, 0.3) is 0 Å². The highest BCUT2D eigenvalue weighted by Gasteiger charge is 2.45. The maximum atomic E-state index is 12.9. The van der Waals surface area contributed by atoms with Crippen molar-refractivity contribution in [2.45, 2.75) is 37.8 Å². The molecule has 2 atom stereocenters. The monoisotopic (exact) mass is 333 g/mol. The summed E-state index contributed by atoms with van der Waals surface area (Å²) >= 11 is 0. The van der Waals surface area contributed by atoms with Crippen molar-refractivity contribution < 1.29 is 19.1 Å². The fourth-order valence-corrected chi connectivity index (χ4v) is 3.06. The van der Waals surface area contributed by atoms with E-state index in [1.54, 1.807) is 26.2 Å². The van der Waals surface area contributed by atoms with Crippen LogP contribution in [0, 0.1) is 0 Å². The molecule has 0 aliphatic carbocycles. The summed E-state index contributed by atoms with van der Waals surface area (Å²) in [5.41, 5.74) is 5.36. The Balaban J connectivity index is 2.18. The van der Waals surface area contributed by atoms with Crippen molar-refractivity contribution in [1.29, 1.82) is 0 Å². The largest absolute Gasteiger partial charge is 0.497 e. The number of nitrogens with one attached hydrogen (secondary N) is 1. The highest BCUT2D eigenvalue weighted by Crippen LogP contribution is 2.29. The predicted molar refractivity (Wildman–Crippen MR) is 88.2 cm³/mol. The van der Waals surface area contributed by atoms with Crippen LogP contribution in [0.1, 0.15) is 25.3 Å². The van der Waals surface area contributed by atoms with E-state index < -0.39 is 17.5 Å². The van der Waals surface area contributed by atoms with Crippen molar-refractivity contribution in [2.24, 2.45) is 5.73 Å². The summed E-state index contributed by atoms with van der Waals surface area (Å²) in [6.45, 7) is 2.13. The third-order valence-electron chi connectivity index (χ3n) is 4.60. The normalized spacial score (nSPS) is 21.2. The summed E-state index contributed by atoms with van der Waals surface area (Å²) in [7, 11) is 1.58. The van der Waals surface area contributed by atoms with Gasteiger partial charge in [-0.25, -0.2) is 0 Å². The lowest BCUT2D eigenvalue weighted by Crippen LogP contribution is -2.58. The third-order valence-corrected chi connectivity index (χ3v) is 4.60. The molecule has 1 aromatic carbocycles. The minimum absolute atomic E-state index is 0.295. The predicted octanol–water partition coefficient (Wildman–Crippen LogP) is 0.219. The Bertz CT molecular complexity index is 617. The summed E-state index contributed by atoms with van der Waals surface area (Å²) in [6, 6.07) is 6.52. The Morgan fingerprint density at radius 1 is 1.42 bits per heavy atom. The molecule has 1 heterocycles. The van der Waals surface area contributed by atoms with Crippen LogP contribution in [-0.2, 0) is 20.8 Å². The molecule has 1 fully saturated rings. The van der Waals surface area contributed by atoms with Gasteiger partial charge < -0.3 is 20.7 Å². The molecule has 3 amide bonds. The first kappa shape index (κ1) is 17.8. The number of carbonyl (C=O) groups is 3. The van der Waals surface area contributed by atoms with Crippen LogP contribution in [0.15, 0.2) is 24.3 Å². The Morgan fingerprint density at radius 2 is 2.08 bits per heavy atom. The van der Waals surface area contributed by atoms with E-state index in [1.807, 2.05) is 12.1 Å². The Kier molecular flexibility index (Phi) is 5.43. The van der Waals surface area contributed by atoms with Gasteiger partial charge in [-0.1, -0.05) is 12.1 Å². The van der Waals surface area contributed by atoms with Crippen molar-refractivity contribution in [3.63, 3.8) is 0 Å². The number of methoxy groups -OCH3 is 1. The first-order chi connectivity index (χ1) is 11.4. The van der Waals surface area contributed by atoms with Gasteiger partial charge in [-0.15, -0.1) is 0 Å². The van der Waals surface area contributed by atoms with Gasteiger partial charge in [0.1, 0.15) is 17.3 Å². The highest BCUT2D eigenvalue weighted by atomic mass is 16.5. The molecule has 0 bridgehead atoms. The number of hydrogen-bond donors (Lipinski definition) is 2. The van der Waals surface area contributed by atoms with Crippen LogP contribution in [0.4, 0.5) is 0 Å². The van der Waals surface area contributed by atoms with Crippen molar-refractivity contribution >= 4 is 18.2 Å². The molecular formula is C17H23N3O4. The molecule has 7 nitrogen and oxygen atoms in total. The zero-order valence-corrected chi connectivity index (χ0v) is 14.0. The second kappa shape index (κ2) is 7.33. The van der Waals surface area contributed by atoms with Crippen molar-refractivity contribution in [3.05, 3.63) is 29.8 Å². The van der Waals surface area contributed by atoms with Gasteiger partial charge in [0.15, 0.2) is 0 Å². The second-order valence-corrected chi connectivity index (χ2v) is 6.12. The topological polar surface area (TPSA) is 102 Å². The number of nitrogens with zero attached hydrogens (tertiary/aromatic N) is 1. The van der Waals surface area contributed by atoms with E-state index >= 15 is 0 Å². The Hall–Kier alpha value is -2.57. The number of hydrogen-bond acceptors (Lipinski definition) is 4. The minimum Gasteiger partial charge on any atom is -0.497 e. The van der Waals surface area contributed by atoms with Gasteiger partial charge in [-0.05, 0) is 37.5 Å². The average molecular weight is 333 g/mol. The summed E-state index contributed by atoms with van der Waals surface area (Å²) in [5.74, 6) is -0.106. The zero-order chi connectivity index (χ0) is 17.7. The fourth-order valence-electron chi connectivity index (χ4n) is 3.06. The van der Waals surface area contributed by atoms with Gasteiger partial charge >= 0.3 is 0 Å². The third kappa shape index (κ3) is 3.50. The van der Waals surface area contributed by atoms with E-state index in [4.69, 9.17) is 10.5 Å². The molecule has 0 radical (unpaired) electrons. The quantitative estimate of drug-likeness (QED) is 0.697. The summed E-state index contributed by atoms with van der Waals surface area (Å²) in [4.78, 5) is 37.0. The van der Waals surface area contributed by atoms with E-state index in [0.717, 1.165) is 5.56 Å². The average Bonchev–Trinajstić information content (AvgIpc) is 2.97. The molecule has 1 saturated heterocycles. The van der Waals surface area contributed by atoms with Crippen LogP contribution < -0.4 is 15.8 Å². The molecule has 0 unspecified atom stereocenters. The summed E-state index contributed by atoms with van der Waals surface area (Å²) in [6.07, 6.45) is 2.07. The second-order valence-electron chi connectivity index (χ2n) is 6.12. The zero-order valence-electron chi connectivity index (χ0n) is 14.0. The maximum Gasteiger partial charge on any atom is 0.246 e. The molecule has 2 rings (SSSR count). The number of benzene rings is 1. The first-order valence-electron chi connectivity index (χ1n) is 7.86. The van der Waals surface area contributed by atoms with Gasteiger partial charge in [0.2, 0.25) is 18.2 Å². The number of carbonyl (C=O) groups excluding carboxylic acids is 3. The van der Waals surface area contributed by atoms with E-state index in [0.29, 0.717) is 38.0 Å². The number of ether oxygens (including phenoxy) is 1. The van der Waals surface area contributed by atoms with Crippen LogP contribution in [0.5, 0.6) is 5.75 Å². The SMILES string of the molecule is COc1ccc(C[C@H](NC=O)C(=O)N2CCC[C@@]2(C)C(N)=O)cc1. The highest BCUT2D eigenvalue weighted by molar-refractivity contribution is 5.93. The lowest BCUT2D eigenvalue weighted by Gasteiger charge is -2.34. The molecular weight excluding hydrogens is 310 g/mol. The Morgan fingerprint density at radius 3 is 2.62 bits per heavy atom. The van der Waals surface area contributed by atoms with E-state index in [-0.39, 0.29) is 5.91 Å². The van der Waals surface area contributed by atoms with E-state index in [2.05, 4.69) is 5.32 Å². The molecule has 130 valence electrons. The number of primary amides is 1. The smallest absolute Gasteiger partial charge is 0.246 e. The molecule has 1 aliphatic heterocycles. The van der Waals surface area contributed by atoms with Crippen LogP contribution in [0.2, 0.25) is 0 Å². The first-order valence-corrected chi connectivity index (χ1v) is 7.86. The van der Waals surface area contributed by atoms with Gasteiger partial charge in [-0.2, -0.15) is 0 Å². The molecule has 24 heavy (non-hydrogen) atoms. The van der Waals surface area contributed by atoms with E-state index in [9.17, 15) is 14.4 Å². The summed E-state index contributed by atoms with van der Waals surface area (Å²) in [5, 5.41) is 2.56. The van der Waals surface area contributed by atoms with Crippen LogP contribution >= 0.6 is 0 Å². The van der Waals surface area contributed by atoms with E-state index in [1.165, 1.54) is 4.90 Å². The standard InChI is InChI=1S/C17H23N3O4/c1-17(16(18)23)8-3-9-20(17)15(22)14(19-11-21)10-12-4-6-13(24-2)7-5-12/h4-7,11,14H,3,8-10H2,1-2H3,(H2,18,23)(H,19,21)/t14-,17-/m0/s1. The Labute approximate surface area is 141 Å². The van der Waals surface area contributed by atoms with Crippen molar-refractivity contribution in [2.75, 3.05) is 13.7 Å². The molecule has 7 heteroatoms. The number of amides is 3. The molecule has 1 aliphatic rings. The number of nitrogens with two attached hydrogens (primary N) is 1. The van der Waals surface area contributed by atoms with Crippen LogP contribution in [-0.4, -0.2) is 48.4 Å². The lowest BCUT2D eigenvalue weighted by atomic mass is 9.96. The minimum atomic E-state index is -1.00. The number of likely N-dealkylation sites (tertiary alicyclic amines) is 1. The lowest BCUT2D eigenvalue weighted by molar-refractivity contribution is -0.144. The summed E-state index contributed by atoms with van der Waals surface area (Å²) < 4.78 is 5.11. The van der Waals surface area contributed by atoms with Crippen molar-refractivity contribution in [3.8, 4) is 5.75 Å². The molecule has 0 saturated carbocycles. The van der Waals surface area contributed by atoms with Crippen LogP contribution in [0.3, 0.4) is 0 Å². The van der Waals surface area contributed by atoms with Gasteiger partial charge in [-0.3, -0.25) is 14.4 Å². The van der Waals surface area contributed by atoms with Crippen molar-refractivity contribution in [1.82, 2.24) is 10.2 Å². The molecule has 3 N–H and O–H groups in total. The maximum absolute atomic E-state index is 12.9. The molecule has 0 spiro atoms. The van der Waals surface area contributed by atoms with Gasteiger partial charge in [0, 0.05) is 13.0 Å². The van der Waals surface area contributed by atoms with Gasteiger partial charge in [0.25, 0.3) is 0 Å². The molecule has 1 aromatic rings. The fraction of sp³-hybridized carbons (Fsp3) is 0.471. The van der Waals surface area contributed by atoms with Gasteiger partial charge in [0.05, 0.1) is 7.11 Å².